The van der Waals surface area contributed by atoms with E-state index in [4.69, 9.17) is 9.47 Å². The van der Waals surface area contributed by atoms with Crippen LogP contribution in [0.4, 0.5) is 4.79 Å². The van der Waals surface area contributed by atoms with Gasteiger partial charge in [0.25, 0.3) is 0 Å². The molecule has 0 aliphatic carbocycles. The summed E-state index contributed by atoms with van der Waals surface area (Å²) in [4.78, 5) is 12.4. The number of allylic oxidation sites excluding steroid dienone is 1. The molecule has 28 heavy (non-hydrogen) atoms. The molecule has 0 aromatic heterocycles. The third kappa shape index (κ3) is 4.85. The van der Waals surface area contributed by atoms with Gasteiger partial charge in [0.05, 0.1) is 5.54 Å². The summed E-state index contributed by atoms with van der Waals surface area (Å²) in [6, 6.07) is 13.8. The lowest BCUT2D eigenvalue weighted by Gasteiger charge is -2.27. The van der Waals surface area contributed by atoms with Crippen molar-refractivity contribution < 1.29 is 14.3 Å². The molecule has 1 aliphatic rings. The van der Waals surface area contributed by atoms with Crippen LogP contribution < -0.4 is 20.1 Å². The fourth-order valence-electron chi connectivity index (χ4n) is 3.14. The second-order valence-corrected chi connectivity index (χ2v) is 7.60. The Morgan fingerprint density at radius 2 is 1.86 bits per heavy atom. The highest BCUT2D eigenvalue weighted by atomic mass is 16.6. The maximum atomic E-state index is 12.4. The molecule has 0 radical (unpaired) electrons. The van der Waals surface area contributed by atoms with Gasteiger partial charge in [0.2, 0.25) is 0 Å². The second-order valence-electron chi connectivity index (χ2n) is 7.60. The van der Waals surface area contributed by atoms with E-state index < -0.39 is 5.54 Å². The van der Waals surface area contributed by atoms with Crippen molar-refractivity contribution in [1.82, 2.24) is 10.6 Å². The lowest BCUT2D eigenvalue weighted by atomic mass is 9.92. The third-order valence-electron chi connectivity index (χ3n) is 4.81. The number of hydrogen-bond donors (Lipinski definition) is 2. The number of carbonyl (C=O) groups excluding carboxylic acids is 1. The Balaban J connectivity index is 1.53. The van der Waals surface area contributed by atoms with Crippen LogP contribution in [0, 0.1) is 0 Å². The van der Waals surface area contributed by atoms with Crippen LogP contribution >= 0.6 is 0 Å². The van der Waals surface area contributed by atoms with E-state index in [1.54, 1.807) is 0 Å². The van der Waals surface area contributed by atoms with Crippen molar-refractivity contribution in [2.75, 3.05) is 19.8 Å². The molecule has 2 amide bonds. The minimum absolute atomic E-state index is 0.191. The molecule has 0 spiro atoms. The highest BCUT2D eigenvalue weighted by Crippen LogP contribution is 2.30. The fourth-order valence-corrected chi connectivity index (χ4v) is 3.14. The highest BCUT2D eigenvalue weighted by molar-refractivity contribution is 5.75. The first-order valence-corrected chi connectivity index (χ1v) is 9.56. The Labute approximate surface area is 166 Å². The number of hydrogen-bond acceptors (Lipinski definition) is 3. The summed E-state index contributed by atoms with van der Waals surface area (Å²) < 4.78 is 11.1. The van der Waals surface area contributed by atoms with Crippen molar-refractivity contribution >= 4 is 11.6 Å². The summed E-state index contributed by atoms with van der Waals surface area (Å²) >= 11 is 0. The van der Waals surface area contributed by atoms with Crippen molar-refractivity contribution in [1.29, 1.82) is 0 Å². The zero-order chi connectivity index (χ0) is 20.1. The number of amides is 2. The Hall–Kier alpha value is -2.95. The number of nitrogens with one attached hydrogen (secondary N) is 2. The van der Waals surface area contributed by atoms with Crippen LogP contribution in [0.1, 0.15) is 37.5 Å². The van der Waals surface area contributed by atoms with Crippen molar-refractivity contribution in [2.24, 2.45) is 0 Å². The summed E-state index contributed by atoms with van der Waals surface area (Å²) in [5.74, 6) is 1.55. The molecular formula is C23H28N2O3. The topological polar surface area (TPSA) is 59.6 Å². The van der Waals surface area contributed by atoms with Crippen molar-refractivity contribution in [3.05, 3.63) is 65.7 Å². The lowest BCUT2D eigenvalue weighted by molar-refractivity contribution is 0.171. The molecule has 2 N–H and O–H groups in total. The molecule has 0 saturated carbocycles. The van der Waals surface area contributed by atoms with Gasteiger partial charge in [-0.25, -0.2) is 4.79 Å². The molecule has 0 saturated heterocycles. The predicted octanol–water partition coefficient (Wildman–Crippen LogP) is 4.27. The van der Waals surface area contributed by atoms with E-state index in [1.807, 2.05) is 57.2 Å². The van der Waals surface area contributed by atoms with Crippen molar-refractivity contribution in [2.45, 2.75) is 32.7 Å². The number of rotatable bonds is 6. The van der Waals surface area contributed by atoms with E-state index in [2.05, 4.69) is 23.3 Å². The van der Waals surface area contributed by atoms with Crippen LogP contribution in [0.15, 0.2) is 49.0 Å². The standard InChI is InChI=1S/C23H28N2O3/c1-16(2)18-6-5-7-19(15-18)23(3,4)25-22(26)24-11-10-17-8-9-20-21(14-17)28-13-12-27-20/h5-9,14-15H,1,10-13H2,2-4H3,(H2,24,25,26). The Bertz CT molecular complexity index is 874. The number of carbonyl (C=O) groups is 1. The highest BCUT2D eigenvalue weighted by Gasteiger charge is 2.23. The third-order valence-corrected chi connectivity index (χ3v) is 4.81. The molecule has 0 atom stereocenters. The van der Waals surface area contributed by atoms with E-state index in [-0.39, 0.29) is 6.03 Å². The van der Waals surface area contributed by atoms with Crippen molar-refractivity contribution in [3.8, 4) is 11.5 Å². The average molecular weight is 380 g/mol. The first-order chi connectivity index (χ1) is 13.3. The predicted molar refractivity (Wildman–Crippen MR) is 112 cm³/mol. The first kappa shape index (κ1) is 19.8. The van der Waals surface area contributed by atoms with Crippen LogP contribution in [0.2, 0.25) is 0 Å². The monoisotopic (exact) mass is 380 g/mol. The average Bonchev–Trinajstić information content (AvgIpc) is 2.67. The van der Waals surface area contributed by atoms with Gasteiger partial charge >= 0.3 is 6.03 Å². The zero-order valence-electron chi connectivity index (χ0n) is 16.8. The number of benzene rings is 2. The summed E-state index contributed by atoms with van der Waals surface area (Å²) in [7, 11) is 0. The molecule has 1 heterocycles. The zero-order valence-corrected chi connectivity index (χ0v) is 16.8. The number of ether oxygens (including phenoxy) is 2. The quantitative estimate of drug-likeness (QED) is 0.787. The molecule has 1 aliphatic heterocycles. The summed E-state index contributed by atoms with van der Waals surface area (Å²) in [6.07, 6.45) is 0.718. The minimum atomic E-state index is -0.494. The van der Waals surface area contributed by atoms with Crippen LogP contribution in [-0.2, 0) is 12.0 Å². The Kier molecular flexibility index (Phi) is 5.93. The van der Waals surface area contributed by atoms with Crippen LogP contribution in [0.5, 0.6) is 11.5 Å². The summed E-state index contributed by atoms with van der Waals surface area (Å²) in [5, 5.41) is 5.99. The Morgan fingerprint density at radius 1 is 1.11 bits per heavy atom. The molecule has 5 heteroatoms. The molecule has 0 fully saturated rings. The van der Waals surface area contributed by atoms with Crippen LogP contribution in [-0.4, -0.2) is 25.8 Å². The molecule has 5 nitrogen and oxygen atoms in total. The molecule has 3 rings (SSSR count). The van der Waals surface area contributed by atoms with Gasteiger partial charge in [0.15, 0.2) is 11.5 Å². The molecule has 0 bridgehead atoms. The van der Waals surface area contributed by atoms with Gasteiger partial charge in [-0.1, -0.05) is 36.4 Å². The molecule has 148 valence electrons. The lowest BCUT2D eigenvalue weighted by Crippen LogP contribution is -2.46. The first-order valence-electron chi connectivity index (χ1n) is 9.56. The molecule has 0 unspecified atom stereocenters. The van der Waals surface area contributed by atoms with Gasteiger partial charge in [0, 0.05) is 6.54 Å². The van der Waals surface area contributed by atoms with Gasteiger partial charge in [-0.05, 0) is 62.1 Å². The summed E-state index contributed by atoms with van der Waals surface area (Å²) in [6.45, 7) is 11.6. The SMILES string of the molecule is C=C(C)c1cccc(C(C)(C)NC(=O)NCCc2ccc3c(c2)OCCO3)c1. The van der Waals surface area contributed by atoms with E-state index in [0.29, 0.717) is 19.8 Å². The van der Waals surface area contributed by atoms with Gasteiger partial charge in [-0.15, -0.1) is 0 Å². The van der Waals surface area contributed by atoms with Gasteiger partial charge in [-0.3, -0.25) is 0 Å². The van der Waals surface area contributed by atoms with Gasteiger partial charge in [-0.2, -0.15) is 0 Å². The van der Waals surface area contributed by atoms with E-state index >= 15 is 0 Å². The van der Waals surface area contributed by atoms with Crippen molar-refractivity contribution in [3.63, 3.8) is 0 Å². The Morgan fingerprint density at radius 3 is 2.61 bits per heavy atom. The van der Waals surface area contributed by atoms with E-state index in [0.717, 1.165) is 40.2 Å². The molecule has 2 aromatic carbocycles. The summed E-state index contributed by atoms with van der Waals surface area (Å²) in [5.41, 5.74) is 3.72. The van der Waals surface area contributed by atoms with E-state index in [1.165, 1.54) is 0 Å². The fraction of sp³-hybridized carbons (Fsp3) is 0.348. The smallest absolute Gasteiger partial charge is 0.315 e. The van der Waals surface area contributed by atoms with Gasteiger partial charge in [0.1, 0.15) is 13.2 Å². The molecular weight excluding hydrogens is 352 g/mol. The molecule has 2 aromatic rings. The van der Waals surface area contributed by atoms with E-state index in [9.17, 15) is 4.79 Å². The number of fused-ring (bicyclic) bond motifs is 1. The second kappa shape index (κ2) is 8.38. The van der Waals surface area contributed by atoms with Crippen LogP contribution in [0.3, 0.4) is 0 Å². The van der Waals surface area contributed by atoms with Gasteiger partial charge < -0.3 is 20.1 Å². The normalized spacial score (nSPS) is 13.0. The van der Waals surface area contributed by atoms with Crippen LogP contribution in [0.25, 0.3) is 5.57 Å². The maximum Gasteiger partial charge on any atom is 0.315 e. The maximum absolute atomic E-state index is 12.4. The minimum Gasteiger partial charge on any atom is -0.486 e. The largest absolute Gasteiger partial charge is 0.486 e. The number of urea groups is 1.